The minimum absolute atomic E-state index is 0.270. The molecule has 27 heavy (non-hydrogen) atoms. The first-order chi connectivity index (χ1) is 13.1. The van der Waals surface area contributed by atoms with Crippen LogP contribution in [0.15, 0.2) is 60.9 Å². The lowest BCUT2D eigenvalue weighted by Crippen LogP contribution is -2.20. The van der Waals surface area contributed by atoms with Crippen LogP contribution in [0.1, 0.15) is 16.1 Å². The van der Waals surface area contributed by atoms with Crippen LogP contribution in [-0.2, 0) is 6.54 Å². The summed E-state index contributed by atoms with van der Waals surface area (Å²) in [6.45, 7) is 0.674. The highest BCUT2D eigenvalue weighted by Crippen LogP contribution is 2.27. The number of rotatable bonds is 6. The molecule has 0 saturated heterocycles. The smallest absolute Gasteiger partial charge is 0.274 e. The Balaban J connectivity index is 1.72. The Labute approximate surface area is 162 Å². The quantitative estimate of drug-likeness (QED) is 0.697. The zero-order valence-electron chi connectivity index (χ0n) is 15.0. The fourth-order valence-corrected chi connectivity index (χ4v) is 2.82. The zero-order chi connectivity index (χ0) is 19.2. The minimum Gasteiger partial charge on any atom is -0.495 e. The van der Waals surface area contributed by atoms with E-state index in [9.17, 15) is 4.79 Å². The van der Waals surface area contributed by atoms with E-state index in [0.29, 0.717) is 28.8 Å². The summed E-state index contributed by atoms with van der Waals surface area (Å²) >= 11 is 6.09. The Morgan fingerprint density at radius 1 is 1.15 bits per heavy atom. The largest absolute Gasteiger partial charge is 0.495 e. The monoisotopic (exact) mass is 382 g/mol. The molecule has 0 unspecified atom stereocenters. The van der Waals surface area contributed by atoms with Crippen molar-refractivity contribution in [2.45, 2.75) is 6.54 Å². The van der Waals surface area contributed by atoms with Crippen molar-refractivity contribution in [3.63, 3.8) is 0 Å². The molecule has 6 nitrogen and oxygen atoms in total. The van der Waals surface area contributed by atoms with Gasteiger partial charge in [-0.3, -0.25) is 4.79 Å². The van der Waals surface area contributed by atoms with Crippen molar-refractivity contribution in [3.05, 3.63) is 77.2 Å². The number of amides is 1. The van der Waals surface area contributed by atoms with Gasteiger partial charge in [0.1, 0.15) is 23.6 Å². The second-order valence-electron chi connectivity index (χ2n) is 5.91. The van der Waals surface area contributed by atoms with Crippen LogP contribution < -0.4 is 15.0 Å². The first kappa shape index (κ1) is 18.7. The molecule has 138 valence electrons. The van der Waals surface area contributed by atoms with E-state index in [4.69, 9.17) is 16.3 Å². The number of carbonyl (C=O) groups excluding carboxylic acids is 1. The van der Waals surface area contributed by atoms with E-state index in [2.05, 4.69) is 15.3 Å². The number of anilines is 2. The summed E-state index contributed by atoms with van der Waals surface area (Å²) in [4.78, 5) is 22.8. The van der Waals surface area contributed by atoms with Crippen LogP contribution in [-0.4, -0.2) is 30.0 Å². The lowest BCUT2D eigenvalue weighted by atomic mass is 10.2. The number of methoxy groups -OCH3 is 1. The second-order valence-corrected chi connectivity index (χ2v) is 6.31. The molecule has 7 heteroatoms. The van der Waals surface area contributed by atoms with Gasteiger partial charge < -0.3 is 15.0 Å². The van der Waals surface area contributed by atoms with Crippen LogP contribution in [0.2, 0.25) is 5.02 Å². The molecule has 0 spiro atoms. The third-order valence-electron chi connectivity index (χ3n) is 3.95. The Bertz CT molecular complexity index is 934. The van der Waals surface area contributed by atoms with Crippen molar-refractivity contribution in [1.82, 2.24) is 9.97 Å². The van der Waals surface area contributed by atoms with Crippen molar-refractivity contribution in [3.8, 4) is 5.75 Å². The van der Waals surface area contributed by atoms with Gasteiger partial charge in [-0.05, 0) is 23.8 Å². The molecule has 3 rings (SSSR count). The van der Waals surface area contributed by atoms with Crippen LogP contribution >= 0.6 is 11.6 Å². The fourth-order valence-electron chi connectivity index (χ4n) is 2.56. The molecule has 1 amide bonds. The number of hydrogen-bond acceptors (Lipinski definition) is 5. The number of halogens is 1. The zero-order valence-corrected chi connectivity index (χ0v) is 15.8. The highest BCUT2D eigenvalue weighted by atomic mass is 35.5. The number of nitrogens with one attached hydrogen (secondary N) is 1. The lowest BCUT2D eigenvalue weighted by Gasteiger charge is -2.18. The van der Waals surface area contributed by atoms with Crippen LogP contribution in [0.5, 0.6) is 5.75 Å². The molecule has 1 heterocycles. The molecule has 3 aromatic rings. The Kier molecular flexibility index (Phi) is 5.88. The molecule has 0 aliphatic rings. The van der Waals surface area contributed by atoms with Crippen LogP contribution in [0.25, 0.3) is 0 Å². The molecule has 1 aromatic heterocycles. The van der Waals surface area contributed by atoms with Crippen molar-refractivity contribution in [2.24, 2.45) is 0 Å². The van der Waals surface area contributed by atoms with Crippen LogP contribution in [0.4, 0.5) is 11.5 Å². The Hall–Kier alpha value is -3.12. The number of ether oxygens (including phenoxy) is 1. The molecule has 0 aliphatic heterocycles. The molecule has 2 aromatic carbocycles. The van der Waals surface area contributed by atoms with Gasteiger partial charge in [-0.1, -0.05) is 41.9 Å². The highest BCUT2D eigenvalue weighted by molar-refractivity contribution is 6.32. The van der Waals surface area contributed by atoms with Gasteiger partial charge in [0.05, 0.1) is 12.1 Å². The summed E-state index contributed by atoms with van der Waals surface area (Å²) < 4.78 is 5.11. The predicted molar refractivity (Wildman–Crippen MR) is 107 cm³/mol. The van der Waals surface area contributed by atoms with Gasteiger partial charge in [0, 0.05) is 25.3 Å². The number of carbonyl (C=O) groups is 1. The van der Waals surface area contributed by atoms with Gasteiger partial charge >= 0.3 is 0 Å². The van der Waals surface area contributed by atoms with Gasteiger partial charge in [0.25, 0.3) is 5.91 Å². The summed E-state index contributed by atoms with van der Waals surface area (Å²) in [6, 6.07) is 16.7. The van der Waals surface area contributed by atoms with Crippen molar-refractivity contribution < 1.29 is 9.53 Å². The van der Waals surface area contributed by atoms with Gasteiger partial charge in [-0.15, -0.1) is 0 Å². The van der Waals surface area contributed by atoms with Crippen LogP contribution in [0, 0.1) is 0 Å². The van der Waals surface area contributed by atoms with E-state index in [1.54, 1.807) is 24.3 Å². The molecule has 0 aliphatic carbocycles. The second kappa shape index (κ2) is 8.51. The maximum atomic E-state index is 12.5. The third-order valence-corrected chi connectivity index (χ3v) is 4.24. The van der Waals surface area contributed by atoms with Gasteiger partial charge in [-0.2, -0.15) is 0 Å². The fraction of sp³-hybridized carbons (Fsp3) is 0.150. The molecule has 1 N–H and O–H groups in total. The molecule has 0 atom stereocenters. The SMILES string of the molecule is COc1ccc(NC(=O)c2cc(N(C)Cc3ccccc3)ncn2)cc1Cl. The number of nitrogens with zero attached hydrogens (tertiary/aromatic N) is 3. The van der Waals surface area contributed by atoms with Gasteiger partial charge in [-0.25, -0.2) is 9.97 Å². The average Bonchev–Trinajstić information content (AvgIpc) is 2.69. The van der Waals surface area contributed by atoms with Crippen LogP contribution in [0.3, 0.4) is 0 Å². The minimum atomic E-state index is -0.340. The Morgan fingerprint density at radius 2 is 1.93 bits per heavy atom. The normalized spacial score (nSPS) is 10.3. The first-order valence-electron chi connectivity index (χ1n) is 8.29. The number of benzene rings is 2. The standard InChI is InChI=1S/C20H19ClN4O2/c1-25(12-14-6-4-3-5-7-14)19-11-17(22-13-23-19)20(26)24-15-8-9-18(27-2)16(21)10-15/h3-11,13H,12H2,1-2H3,(H,24,26). The van der Waals surface area contributed by atoms with E-state index in [1.165, 1.54) is 13.4 Å². The topological polar surface area (TPSA) is 67.3 Å². The molecule has 0 bridgehead atoms. The number of hydrogen-bond donors (Lipinski definition) is 1. The molecular weight excluding hydrogens is 364 g/mol. The third kappa shape index (κ3) is 4.74. The molecule has 0 fully saturated rings. The van der Waals surface area contributed by atoms with E-state index >= 15 is 0 Å². The summed E-state index contributed by atoms with van der Waals surface area (Å²) in [5, 5.41) is 3.20. The van der Waals surface area contributed by atoms with E-state index in [-0.39, 0.29) is 11.6 Å². The summed E-state index contributed by atoms with van der Waals surface area (Å²) in [7, 11) is 3.45. The summed E-state index contributed by atoms with van der Waals surface area (Å²) in [6.07, 6.45) is 1.38. The molecular formula is C20H19ClN4O2. The average molecular weight is 383 g/mol. The lowest BCUT2D eigenvalue weighted by molar-refractivity contribution is 0.102. The maximum absolute atomic E-state index is 12.5. The van der Waals surface area contributed by atoms with Crippen molar-refractivity contribution in [2.75, 3.05) is 24.4 Å². The van der Waals surface area contributed by atoms with Gasteiger partial charge in [0.2, 0.25) is 0 Å². The summed E-state index contributed by atoms with van der Waals surface area (Å²) in [5.41, 5.74) is 1.98. The van der Waals surface area contributed by atoms with Crippen molar-refractivity contribution >= 4 is 29.0 Å². The summed E-state index contributed by atoms with van der Waals surface area (Å²) in [5.74, 6) is 0.862. The maximum Gasteiger partial charge on any atom is 0.274 e. The molecule has 0 radical (unpaired) electrons. The van der Waals surface area contributed by atoms with E-state index in [0.717, 1.165) is 5.56 Å². The Morgan fingerprint density at radius 3 is 2.63 bits per heavy atom. The predicted octanol–water partition coefficient (Wildman–Crippen LogP) is 4.03. The van der Waals surface area contributed by atoms with Gasteiger partial charge in [0.15, 0.2) is 0 Å². The van der Waals surface area contributed by atoms with E-state index in [1.807, 2.05) is 42.3 Å². The molecule has 0 saturated carbocycles. The van der Waals surface area contributed by atoms with Crippen molar-refractivity contribution in [1.29, 1.82) is 0 Å². The first-order valence-corrected chi connectivity index (χ1v) is 8.66. The number of aromatic nitrogens is 2. The van der Waals surface area contributed by atoms with E-state index < -0.39 is 0 Å². The highest BCUT2D eigenvalue weighted by Gasteiger charge is 2.12.